The van der Waals surface area contributed by atoms with Crippen LogP contribution in [0.4, 0.5) is 5.69 Å². The van der Waals surface area contributed by atoms with Crippen molar-refractivity contribution in [1.82, 2.24) is 0 Å². The lowest BCUT2D eigenvalue weighted by atomic mass is 9.82. The van der Waals surface area contributed by atoms with E-state index in [2.05, 4.69) is 62.3 Å². The zero-order valence-corrected chi connectivity index (χ0v) is 13.4. The third-order valence-corrected chi connectivity index (χ3v) is 4.74. The van der Waals surface area contributed by atoms with E-state index in [1.54, 1.807) is 0 Å². The topological polar surface area (TPSA) is 12.0 Å². The maximum absolute atomic E-state index is 3.58. The van der Waals surface area contributed by atoms with Gasteiger partial charge in [-0.25, -0.2) is 0 Å². The van der Waals surface area contributed by atoms with Gasteiger partial charge >= 0.3 is 0 Å². The summed E-state index contributed by atoms with van der Waals surface area (Å²) in [5.41, 5.74) is 1.19. The van der Waals surface area contributed by atoms with Gasteiger partial charge in [-0.05, 0) is 58.8 Å². The number of hydrogen-bond acceptors (Lipinski definition) is 1. The SMILES string of the molecule is CC1CCCC(CNc2cc(Br)ccc2Br)C1. The standard InChI is InChI=1S/C14H19Br2N/c1-10-3-2-4-11(7-10)9-17-14-8-12(15)5-6-13(14)16/h5-6,8,10-11,17H,2-4,7,9H2,1H3. The van der Waals surface area contributed by atoms with Crippen LogP contribution in [0.5, 0.6) is 0 Å². The van der Waals surface area contributed by atoms with Gasteiger partial charge in [0.2, 0.25) is 0 Å². The van der Waals surface area contributed by atoms with Crippen LogP contribution in [0.1, 0.15) is 32.6 Å². The first-order valence-corrected chi connectivity index (χ1v) is 7.92. The van der Waals surface area contributed by atoms with Gasteiger partial charge in [0.1, 0.15) is 0 Å². The Morgan fingerprint density at radius 1 is 1.29 bits per heavy atom. The Labute approximate surface area is 121 Å². The molecule has 0 saturated heterocycles. The normalized spacial score (nSPS) is 24.6. The number of hydrogen-bond donors (Lipinski definition) is 1. The van der Waals surface area contributed by atoms with Crippen LogP contribution in [0.3, 0.4) is 0 Å². The Balaban J connectivity index is 1.90. The third kappa shape index (κ3) is 3.99. The molecule has 1 aromatic carbocycles. The number of nitrogens with one attached hydrogen (secondary N) is 1. The van der Waals surface area contributed by atoms with Crippen LogP contribution >= 0.6 is 31.9 Å². The summed E-state index contributed by atoms with van der Waals surface area (Å²) in [5, 5.41) is 3.57. The molecular formula is C14H19Br2N. The molecule has 2 atom stereocenters. The molecule has 0 amide bonds. The second-order valence-electron chi connectivity index (χ2n) is 5.14. The maximum atomic E-state index is 3.58. The van der Waals surface area contributed by atoms with E-state index in [0.29, 0.717) is 0 Å². The molecule has 1 aromatic rings. The van der Waals surface area contributed by atoms with E-state index in [4.69, 9.17) is 0 Å². The molecule has 0 bridgehead atoms. The average Bonchev–Trinajstić information content (AvgIpc) is 2.30. The summed E-state index contributed by atoms with van der Waals surface area (Å²) < 4.78 is 2.27. The highest BCUT2D eigenvalue weighted by molar-refractivity contribution is 9.11. The van der Waals surface area contributed by atoms with Crippen molar-refractivity contribution in [2.75, 3.05) is 11.9 Å². The fraction of sp³-hybridized carbons (Fsp3) is 0.571. The van der Waals surface area contributed by atoms with Gasteiger partial charge in [-0.1, -0.05) is 35.7 Å². The molecule has 1 aliphatic rings. The summed E-state index contributed by atoms with van der Waals surface area (Å²) in [7, 11) is 0. The molecule has 1 fully saturated rings. The second-order valence-corrected chi connectivity index (χ2v) is 6.91. The molecule has 1 N–H and O–H groups in total. The minimum atomic E-state index is 0.838. The van der Waals surface area contributed by atoms with Crippen molar-refractivity contribution in [2.24, 2.45) is 11.8 Å². The molecule has 2 rings (SSSR count). The molecule has 94 valence electrons. The maximum Gasteiger partial charge on any atom is 0.0496 e. The first-order chi connectivity index (χ1) is 8.15. The molecule has 0 aromatic heterocycles. The first-order valence-electron chi connectivity index (χ1n) is 6.34. The van der Waals surface area contributed by atoms with E-state index < -0.39 is 0 Å². The first kappa shape index (κ1) is 13.4. The predicted molar refractivity (Wildman–Crippen MR) is 81.5 cm³/mol. The molecule has 17 heavy (non-hydrogen) atoms. The zero-order valence-electron chi connectivity index (χ0n) is 10.2. The summed E-state index contributed by atoms with van der Waals surface area (Å²) in [6.45, 7) is 3.47. The second kappa shape index (κ2) is 6.24. The minimum Gasteiger partial charge on any atom is -0.384 e. The molecular weight excluding hydrogens is 342 g/mol. The van der Waals surface area contributed by atoms with Crippen LogP contribution < -0.4 is 5.32 Å². The van der Waals surface area contributed by atoms with Crippen LogP contribution in [0.2, 0.25) is 0 Å². The van der Waals surface area contributed by atoms with Crippen molar-refractivity contribution in [1.29, 1.82) is 0 Å². The van der Waals surface area contributed by atoms with Gasteiger partial charge in [0, 0.05) is 21.2 Å². The number of benzene rings is 1. The highest BCUT2D eigenvalue weighted by Crippen LogP contribution is 2.30. The van der Waals surface area contributed by atoms with E-state index in [-0.39, 0.29) is 0 Å². The van der Waals surface area contributed by atoms with Crippen LogP contribution in [0.15, 0.2) is 27.1 Å². The highest BCUT2D eigenvalue weighted by Gasteiger charge is 2.18. The van der Waals surface area contributed by atoms with Crippen molar-refractivity contribution in [2.45, 2.75) is 32.6 Å². The number of anilines is 1. The Hall–Kier alpha value is -0.0200. The molecule has 0 heterocycles. The summed E-state index contributed by atoms with van der Waals surface area (Å²) in [4.78, 5) is 0. The lowest BCUT2D eigenvalue weighted by molar-refractivity contribution is 0.293. The zero-order chi connectivity index (χ0) is 12.3. The monoisotopic (exact) mass is 359 g/mol. The third-order valence-electron chi connectivity index (χ3n) is 3.55. The Morgan fingerprint density at radius 2 is 2.12 bits per heavy atom. The summed E-state index contributed by atoms with van der Waals surface area (Å²) >= 11 is 7.10. The smallest absolute Gasteiger partial charge is 0.0496 e. The highest BCUT2D eigenvalue weighted by atomic mass is 79.9. The molecule has 1 aliphatic carbocycles. The Morgan fingerprint density at radius 3 is 2.88 bits per heavy atom. The van der Waals surface area contributed by atoms with E-state index in [1.807, 2.05) is 0 Å². The molecule has 1 saturated carbocycles. The van der Waals surface area contributed by atoms with Crippen LogP contribution in [-0.2, 0) is 0 Å². The minimum absolute atomic E-state index is 0.838. The number of halogens is 2. The van der Waals surface area contributed by atoms with E-state index in [1.165, 1.54) is 31.4 Å². The molecule has 0 radical (unpaired) electrons. The van der Waals surface area contributed by atoms with Crippen LogP contribution in [0.25, 0.3) is 0 Å². The van der Waals surface area contributed by atoms with Crippen molar-refractivity contribution in [3.8, 4) is 0 Å². The van der Waals surface area contributed by atoms with Gasteiger partial charge in [0.05, 0.1) is 0 Å². The summed E-state index contributed by atoms with van der Waals surface area (Å²) in [6.07, 6.45) is 5.56. The average molecular weight is 361 g/mol. The van der Waals surface area contributed by atoms with Gasteiger partial charge in [-0.15, -0.1) is 0 Å². The van der Waals surface area contributed by atoms with E-state index in [9.17, 15) is 0 Å². The quantitative estimate of drug-likeness (QED) is 0.755. The molecule has 3 heteroatoms. The van der Waals surface area contributed by atoms with Crippen LogP contribution in [-0.4, -0.2) is 6.54 Å². The largest absolute Gasteiger partial charge is 0.384 e. The molecule has 0 spiro atoms. The van der Waals surface area contributed by atoms with Crippen LogP contribution in [0, 0.1) is 11.8 Å². The van der Waals surface area contributed by atoms with Gasteiger partial charge < -0.3 is 5.32 Å². The molecule has 0 aliphatic heterocycles. The summed E-state index contributed by atoms with van der Waals surface area (Å²) in [6, 6.07) is 6.27. The lowest BCUT2D eigenvalue weighted by Gasteiger charge is -2.27. The van der Waals surface area contributed by atoms with Crippen molar-refractivity contribution in [3.05, 3.63) is 27.1 Å². The van der Waals surface area contributed by atoms with Gasteiger partial charge in [-0.2, -0.15) is 0 Å². The van der Waals surface area contributed by atoms with E-state index in [0.717, 1.165) is 27.3 Å². The lowest BCUT2D eigenvalue weighted by Crippen LogP contribution is -2.21. The Bertz CT molecular complexity index is 378. The fourth-order valence-corrected chi connectivity index (χ4v) is 3.38. The van der Waals surface area contributed by atoms with Gasteiger partial charge in [0.15, 0.2) is 0 Å². The molecule has 1 nitrogen and oxygen atoms in total. The fourth-order valence-electron chi connectivity index (χ4n) is 2.63. The number of rotatable bonds is 3. The Kier molecular flexibility index (Phi) is 4.92. The summed E-state index contributed by atoms with van der Waals surface area (Å²) in [5.74, 6) is 1.74. The predicted octanol–water partition coefficient (Wildman–Crippen LogP) is 5.45. The van der Waals surface area contributed by atoms with Gasteiger partial charge in [-0.3, -0.25) is 0 Å². The van der Waals surface area contributed by atoms with Crippen molar-refractivity contribution >= 4 is 37.5 Å². The van der Waals surface area contributed by atoms with Crippen molar-refractivity contribution in [3.63, 3.8) is 0 Å². The van der Waals surface area contributed by atoms with Gasteiger partial charge in [0.25, 0.3) is 0 Å². The molecule has 2 unspecified atom stereocenters. The van der Waals surface area contributed by atoms with E-state index >= 15 is 0 Å². The van der Waals surface area contributed by atoms with Crippen molar-refractivity contribution < 1.29 is 0 Å².